The van der Waals surface area contributed by atoms with Crippen LogP contribution in [0, 0.1) is 5.92 Å². The number of hydrogen-bond donors (Lipinski definition) is 1. The molecular formula is C10H14Cl2N2O2. The van der Waals surface area contributed by atoms with E-state index in [0.717, 1.165) is 13.0 Å². The predicted octanol–water partition coefficient (Wildman–Crippen LogP) is 1.78. The van der Waals surface area contributed by atoms with E-state index >= 15 is 0 Å². The number of nitrogens with two attached hydrogens (primary N) is 1. The largest absolute Gasteiger partial charge is 0.440 e. The third-order valence-electron chi connectivity index (χ3n) is 2.69. The van der Waals surface area contributed by atoms with E-state index in [1.165, 1.54) is 0 Å². The van der Waals surface area contributed by atoms with E-state index in [4.69, 9.17) is 21.8 Å². The summed E-state index contributed by atoms with van der Waals surface area (Å²) in [6.07, 6.45) is 0.969. The highest BCUT2D eigenvalue weighted by Crippen LogP contribution is 2.20. The van der Waals surface area contributed by atoms with E-state index in [9.17, 15) is 4.79 Å². The van der Waals surface area contributed by atoms with E-state index in [-0.39, 0.29) is 23.5 Å². The minimum atomic E-state index is -0.0992. The van der Waals surface area contributed by atoms with Crippen LogP contribution in [0.15, 0.2) is 16.5 Å². The summed E-state index contributed by atoms with van der Waals surface area (Å²) in [5.74, 6) is 0.620. The molecule has 0 aromatic carbocycles. The number of rotatable bonds is 2. The zero-order valence-electron chi connectivity index (χ0n) is 8.69. The minimum absolute atomic E-state index is 0. The summed E-state index contributed by atoms with van der Waals surface area (Å²) in [4.78, 5) is 13.6. The summed E-state index contributed by atoms with van der Waals surface area (Å²) in [6, 6.07) is 3.17. The Kier molecular flexibility index (Phi) is 4.65. The first kappa shape index (κ1) is 13.4. The quantitative estimate of drug-likeness (QED) is 0.886. The Morgan fingerprint density at radius 2 is 2.38 bits per heavy atom. The fraction of sp³-hybridized carbons (Fsp3) is 0.500. The summed E-state index contributed by atoms with van der Waals surface area (Å²) in [5.41, 5.74) is 5.56. The molecule has 90 valence electrons. The molecule has 0 bridgehead atoms. The summed E-state index contributed by atoms with van der Waals surface area (Å²) in [6.45, 7) is 2.09. The Morgan fingerprint density at radius 1 is 1.62 bits per heavy atom. The van der Waals surface area contributed by atoms with Crippen molar-refractivity contribution in [1.29, 1.82) is 0 Å². The van der Waals surface area contributed by atoms with Gasteiger partial charge in [0.25, 0.3) is 5.91 Å². The first-order valence-electron chi connectivity index (χ1n) is 4.95. The Morgan fingerprint density at radius 3 is 2.88 bits per heavy atom. The second-order valence-corrected chi connectivity index (χ2v) is 4.12. The van der Waals surface area contributed by atoms with E-state index in [1.807, 2.05) is 0 Å². The molecule has 0 aliphatic carbocycles. The van der Waals surface area contributed by atoms with Crippen LogP contribution in [0.1, 0.15) is 17.0 Å². The number of likely N-dealkylation sites (tertiary alicyclic amines) is 1. The van der Waals surface area contributed by atoms with Gasteiger partial charge in [-0.05, 0) is 42.6 Å². The van der Waals surface area contributed by atoms with Gasteiger partial charge in [-0.1, -0.05) is 0 Å². The average molecular weight is 265 g/mol. The molecule has 1 unspecified atom stereocenters. The van der Waals surface area contributed by atoms with Crippen molar-refractivity contribution < 1.29 is 9.21 Å². The van der Waals surface area contributed by atoms with Crippen molar-refractivity contribution in [3.63, 3.8) is 0 Å². The van der Waals surface area contributed by atoms with Crippen LogP contribution in [0.2, 0.25) is 5.22 Å². The molecule has 6 heteroatoms. The molecule has 1 aliphatic rings. The predicted molar refractivity (Wildman–Crippen MR) is 64.0 cm³/mol. The number of carbonyl (C=O) groups is 1. The van der Waals surface area contributed by atoms with Crippen molar-refractivity contribution in [2.24, 2.45) is 11.7 Å². The molecular weight excluding hydrogens is 251 g/mol. The van der Waals surface area contributed by atoms with Gasteiger partial charge in [-0.15, -0.1) is 12.4 Å². The van der Waals surface area contributed by atoms with Crippen molar-refractivity contribution in [2.45, 2.75) is 6.42 Å². The van der Waals surface area contributed by atoms with Crippen molar-refractivity contribution >= 4 is 29.9 Å². The zero-order chi connectivity index (χ0) is 10.8. The lowest BCUT2D eigenvalue weighted by Gasteiger charge is -2.14. The Hall–Kier alpha value is -0.710. The summed E-state index contributed by atoms with van der Waals surface area (Å²) < 4.78 is 5.07. The maximum Gasteiger partial charge on any atom is 0.289 e. The van der Waals surface area contributed by atoms with Gasteiger partial charge in [0.1, 0.15) is 0 Å². The van der Waals surface area contributed by atoms with Crippen molar-refractivity contribution in [3.05, 3.63) is 23.1 Å². The molecule has 0 radical (unpaired) electrons. The van der Waals surface area contributed by atoms with E-state index in [1.54, 1.807) is 17.0 Å². The van der Waals surface area contributed by atoms with Gasteiger partial charge < -0.3 is 15.1 Å². The molecule has 0 spiro atoms. The van der Waals surface area contributed by atoms with Gasteiger partial charge in [-0.2, -0.15) is 0 Å². The second-order valence-electron chi connectivity index (χ2n) is 3.75. The Balaban J connectivity index is 0.00000128. The third-order valence-corrected chi connectivity index (χ3v) is 2.89. The maximum absolute atomic E-state index is 11.9. The van der Waals surface area contributed by atoms with Gasteiger partial charge in [0.15, 0.2) is 11.0 Å². The Bertz CT molecular complexity index is 367. The average Bonchev–Trinajstić information content (AvgIpc) is 2.84. The van der Waals surface area contributed by atoms with Crippen molar-refractivity contribution in [1.82, 2.24) is 4.90 Å². The SMILES string of the molecule is Cl.NCC1CCN(C(=O)c2ccc(Cl)o2)C1. The van der Waals surface area contributed by atoms with Crippen molar-refractivity contribution in [2.75, 3.05) is 19.6 Å². The first-order chi connectivity index (χ1) is 7.20. The number of furan rings is 1. The number of amides is 1. The van der Waals surface area contributed by atoms with Crippen LogP contribution in [0.25, 0.3) is 0 Å². The molecule has 1 aliphatic heterocycles. The standard InChI is InChI=1S/C10H13ClN2O2.ClH/c11-9-2-1-8(15-9)10(14)13-4-3-7(5-12)6-13;/h1-2,7H,3-6,12H2;1H. The molecule has 1 aromatic rings. The van der Waals surface area contributed by atoms with Gasteiger partial charge in [0, 0.05) is 13.1 Å². The van der Waals surface area contributed by atoms with E-state index in [2.05, 4.69) is 0 Å². The lowest BCUT2D eigenvalue weighted by Crippen LogP contribution is -2.29. The first-order valence-corrected chi connectivity index (χ1v) is 5.33. The minimum Gasteiger partial charge on any atom is -0.440 e. The smallest absolute Gasteiger partial charge is 0.289 e. The molecule has 1 saturated heterocycles. The molecule has 2 N–H and O–H groups in total. The molecule has 1 amide bonds. The molecule has 0 saturated carbocycles. The normalized spacial score (nSPS) is 19.6. The highest BCUT2D eigenvalue weighted by atomic mass is 35.5. The lowest BCUT2D eigenvalue weighted by molar-refractivity contribution is 0.0756. The van der Waals surface area contributed by atoms with E-state index < -0.39 is 0 Å². The Labute approximate surface area is 105 Å². The molecule has 16 heavy (non-hydrogen) atoms. The number of hydrogen-bond acceptors (Lipinski definition) is 3. The number of nitrogens with zero attached hydrogens (tertiary/aromatic N) is 1. The topological polar surface area (TPSA) is 59.5 Å². The maximum atomic E-state index is 11.9. The molecule has 1 aromatic heterocycles. The fourth-order valence-electron chi connectivity index (χ4n) is 1.79. The zero-order valence-corrected chi connectivity index (χ0v) is 10.3. The van der Waals surface area contributed by atoms with Crippen LogP contribution in [0.3, 0.4) is 0 Å². The lowest BCUT2D eigenvalue weighted by atomic mass is 10.1. The van der Waals surface area contributed by atoms with Gasteiger partial charge in [0.05, 0.1) is 0 Å². The van der Waals surface area contributed by atoms with Crippen LogP contribution in [-0.4, -0.2) is 30.4 Å². The highest BCUT2D eigenvalue weighted by Gasteiger charge is 2.27. The fourth-order valence-corrected chi connectivity index (χ4v) is 1.94. The number of halogens is 2. The molecule has 2 rings (SSSR count). The summed E-state index contributed by atoms with van der Waals surface area (Å²) in [7, 11) is 0. The van der Waals surface area contributed by atoms with Gasteiger partial charge in [-0.3, -0.25) is 4.79 Å². The van der Waals surface area contributed by atoms with Crippen LogP contribution >= 0.6 is 24.0 Å². The van der Waals surface area contributed by atoms with Crippen molar-refractivity contribution in [3.8, 4) is 0 Å². The van der Waals surface area contributed by atoms with Crippen LogP contribution in [0.4, 0.5) is 0 Å². The highest BCUT2D eigenvalue weighted by molar-refractivity contribution is 6.29. The third kappa shape index (κ3) is 2.70. The van der Waals surface area contributed by atoms with Gasteiger partial charge >= 0.3 is 0 Å². The molecule has 1 atom stereocenters. The van der Waals surface area contributed by atoms with Crippen LogP contribution < -0.4 is 5.73 Å². The number of carbonyl (C=O) groups excluding carboxylic acids is 1. The molecule has 2 heterocycles. The summed E-state index contributed by atoms with van der Waals surface area (Å²) in [5, 5.41) is 0.243. The molecule has 1 fully saturated rings. The monoisotopic (exact) mass is 264 g/mol. The van der Waals surface area contributed by atoms with E-state index in [0.29, 0.717) is 24.8 Å². The van der Waals surface area contributed by atoms with Gasteiger partial charge in [0.2, 0.25) is 0 Å². The summed E-state index contributed by atoms with van der Waals surface area (Å²) >= 11 is 5.61. The van der Waals surface area contributed by atoms with Gasteiger partial charge in [-0.25, -0.2) is 0 Å². The molecule has 4 nitrogen and oxygen atoms in total. The van der Waals surface area contributed by atoms with Crippen LogP contribution in [-0.2, 0) is 0 Å². The van der Waals surface area contributed by atoms with Crippen LogP contribution in [0.5, 0.6) is 0 Å². The second kappa shape index (κ2) is 5.57.